The summed E-state index contributed by atoms with van der Waals surface area (Å²) in [4.78, 5) is 28.2. The number of amides is 2. The Bertz CT molecular complexity index is 644. The van der Waals surface area contributed by atoms with E-state index < -0.39 is 5.82 Å². The first kappa shape index (κ1) is 18.1. The highest BCUT2D eigenvalue weighted by Crippen LogP contribution is 2.19. The SMILES string of the molecule is O=C(CN1CCN(C(=O)C2CCCO2)CC1)Nc1ccc(F)c(Cl)c1. The van der Waals surface area contributed by atoms with Crippen molar-refractivity contribution in [1.29, 1.82) is 0 Å². The minimum absolute atomic E-state index is 0.0286. The van der Waals surface area contributed by atoms with Gasteiger partial charge in [-0.3, -0.25) is 14.5 Å². The molecule has 0 spiro atoms. The standard InChI is InChI=1S/C17H21ClFN3O3/c18-13-10-12(3-4-14(13)19)20-16(23)11-21-5-7-22(8-6-21)17(24)15-2-1-9-25-15/h3-4,10,15H,1-2,5-9,11H2,(H,20,23). The van der Waals surface area contributed by atoms with Gasteiger partial charge in [-0.2, -0.15) is 0 Å². The molecule has 25 heavy (non-hydrogen) atoms. The van der Waals surface area contributed by atoms with Gasteiger partial charge >= 0.3 is 0 Å². The molecule has 6 nitrogen and oxygen atoms in total. The third-order valence-electron chi connectivity index (χ3n) is 4.46. The van der Waals surface area contributed by atoms with Gasteiger partial charge in [-0.25, -0.2) is 4.39 Å². The van der Waals surface area contributed by atoms with Crippen molar-refractivity contribution in [3.05, 3.63) is 29.0 Å². The number of benzene rings is 1. The average molecular weight is 370 g/mol. The molecular formula is C17H21ClFN3O3. The van der Waals surface area contributed by atoms with E-state index in [0.717, 1.165) is 12.8 Å². The number of hydrogen-bond acceptors (Lipinski definition) is 4. The van der Waals surface area contributed by atoms with Crippen LogP contribution >= 0.6 is 11.6 Å². The zero-order valence-electron chi connectivity index (χ0n) is 13.8. The molecule has 2 amide bonds. The Morgan fingerprint density at radius 3 is 2.68 bits per heavy atom. The fraction of sp³-hybridized carbons (Fsp3) is 0.529. The van der Waals surface area contributed by atoms with Crippen molar-refractivity contribution in [2.45, 2.75) is 18.9 Å². The maximum Gasteiger partial charge on any atom is 0.251 e. The fourth-order valence-electron chi connectivity index (χ4n) is 3.08. The quantitative estimate of drug-likeness (QED) is 0.878. The van der Waals surface area contributed by atoms with E-state index >= 15 is 0 Å². The first-order valence-electron chi connectivity index (χ1n) is 8.40. The Morgan fingerprint density at radius 1 is 1.28 bits per heavy atom. The topological polar surface area (TPSA) is 61.9 Å². The molecule has 1 N–H and O–H groups in total. The van der Waals surface area contributed by atoms with Crippen LogP contribution in [-0.2, 0) is 14.3 Å². The van der Waals surface area contributed by atoms with Crippen LogP contribution < -0.4 is 5.32 Å². The number of carbonyl (C=O) groups is 2. The lowest BCUT2D eigenvalue weighted by atomic mass is 10.2. The molecule has 0 radical (unpaired) electrons. The van der Waals surface area contributed by atoms with Crippen LogP contribution in [0.1, 0.15) is 12.8 Å². The zero-order valence-corrected chi connectivity index (χ0v) is 14.6. The molecule has 1 aromatic rings. The van der Waals surface area contributed by atoms with Crippen LogP contribution in [0.15, 0.2) is 18.2 Å². The molecule has 0 aliphatic carbocycles. The highest BCUT2D eigenvalue weighted by atomic mass is 35.5. The number of anilines is 1. The molecule has 1 unspecified atom stereocenters. The summed E-state index contributed by atoms with van der Waals surface area (Å²) >= 11 is 5.70. The van der Waals surface area contributed by atoms with Crippen LogP contribution in [0.25, 0.3) is 0 Å². The number of nitrogens with one attached hydrogen (secondary N) is 1. The van der Waals surface area contributed by atoms with Crippen molar-refractivity contribution in [3.8, 4) is 0 Å². The largest absolute Gasteiger partial charge is 0.368 e. The number of ether oxygens (including phenoxy) is 1. The smallest absolute Gasteiger partial charge is 0.251 e. The lowest BCUT2D eigenvalue weighted by Gasteiger charge is -2.35. The van der Waals surface area contributed by atoms with Crippen LogP contribution in [0, 0.1) is 5.82 Å². The van der Waals surface area contributed by atoms with Crippen molar-refractivity contribution >= 4 is 29.1 Å². The van der Waals surface area contributed by atoms with Gasteiger partial charge in [0.1, 0.15) is 11.9 Å². The average Bonchev–Trinajstić information content (AvgIpc) is 3.13. The Kier molecular flexibility index (Phi) is 5.88. The molecule has 0 saturated carbocycles. The number of piperazine rings is 1. The van der Waals surface area contributed by atoms with E-state index in [-0.39, 0.29) is 29.5 Å². The second-order valence-electron chi connectivity index (χ2n) is 6.28. The summed E-state index contributed by atoms with van der Waals surface area (Å²) in [6, 6.07) is 4.07. The number of halogens is 2. The first-order valence-corrected chi connectivity index (χ1v) is 8.78. The van der Waals surface area contributed by atoms with Crippen LogP contribution in [-0.4, -0.2) is 67.0 Å². The van der Waals surface area contributed by atoms with E-state index in [2.05, 4.69) is 5.32 Å². The molecular weight excluding hydrogens is 349 g/mol. The molecule has 0 aromatic heterocycles. The minimum Gasteiger partial charge on any atom is -0.368 e. The molecule has 136 valence electrons. The van der Waals surface area contributed by atoms with Gasteiger partial charge in [0.2, 0.25) is 5.91 Å². The summed E-state index contributed by atoms with van der Waals surface area (Å²) in [5, 5.41) is 2.68. The predicted octanol–water partition coefficient (Wildman–Crippen LogP) is 1.74. The zero-order chi connectivity index (χ0) is 17.8. The number of carbonyl (C=O) groups excluding carboxylic acids is 2. The minimum atomic E-state index is -0.522. The Hall–Kier alpha value is -1.70. The maximum absolute atomic E-state index is 13.1. The number of nitrogens with zero attached hydrogens (tertiary/aromatic N) is 2. The molecule has 2 heterocycles. The van der Waals surface area contributed by atoms with Crippen molar-refractivity contribution in [2.24, 2.45) is 0 Å². The molecule has 1 atom stereocenters. The molecule has 2 aliphatic heterocycles. The van der Waals surface area contributed by atoms with Crippen LogP contribution in [0.3, 0.4) is 0 Å². The van der Waals surface area contributed by atoms with Crippen LogP contribution in [0.5, 0.6) is 0 Å². The van der Waals surface area contributed by atoms with E-state index in [4.69, 9.17) is 16.3 Å². The Balaban J connectivity index is 1.44. The van der Waals surface area contributed by atoms with Crippen LogP contribution in [0.2, 0.25) is 5.02 Å². The van der Waals surface area contributed by atoms with Gasteiger partial charge in [0, 0.05) is 38.5 Å². The van der Waals surface area contributed by atoms with E-state index in [1.54, 1.807) is 0 Å². The van der Waals surface area contributed by atoms with Gasteiger partial charge in [-0.05, 0) is 31.0 Å². The second kappa shape index (κ2) is 8.12. The lowest BCUT2D eigenvalue weighted by molar-refractivity contribution is -0.142. The summed E-state index contributed by atoms with van der Waals surface area (Å²) in [6.45, 7) is 3.33. The van der Waals surface area contributed by atoms with Gasteiger partial charge in [0.25, 0.3) is 5.91 Å². The van der Waals surface area contributed by atoms with Crippen molar-refractivity contribution in [3.63, 3.8) is 0 Å². The van der Waals surface area contributed by atoms with Crippen molar-refractivity contribution in [1.82, 2.24) is 9.80 Å². The van der Waals surface area contributed by atoms with Crippen LogP contribution in [0.4, 0.5) is 10.1 Å². The van der Waals surface area contributed by atoms with Gasteiger partial charge in [-0.1, -0.05) is 11.6 Å². The van der Waals surface area contributed by atoms with Gasteiger partial charge < -0.3 is 15.0 Å². The molecule has 2 saturated heterocycles. The molecule has 1 aromatic carbocycles. The lowest BCUT2D eigenvalue weighted by Crippen LogP contribution is -2.52. The Morgan fingerprint density at radius 2 is 2.04 bits per heavy atom. The number of hydrogen-bond donors (Lipinski definition) is 1. The molecule has 2 fully saturated rings. The normalized spacial score (nSPS) is 21.4. The molecule has 0 bridgehead atoms. The highest BCUT2D eigenvalue weighted by Gasteiger charge is 2.30. The third kappa shape index (κ3) is 4.68. The van der Waals surface area contributed by atoms with E-state index in [1.165, 1.54) is 18.2 Å². The van der Waals surface area contributed by atoms with Crippen molar-refractivity contribution < 1.29 is 18.7 Å². The van der Waals surface area contributed by atoms with Gasteiger partial charge in [0.05, 0.1) is 11.6 Å². The monoisotopic (exact) mass is 369 g/mol. The summed E-state index contributed by atoms with van der Waals surface area (Å²) in [5.74, 6) is -0.657. The van der Waals surface area contributed by atoms with Gasteiger partial charge in [-0.15, -0.1) is 0 Å². The fourth-order valence-corrected chi connectivity index (χ4v) is 3.26. The maximum atomic E-state index is 13.1. The van der Waals surface area contributed by atoms with E-state index in [0.29, 0.717) is 38.5 Å². The third-order valence-corrected chi connectivity index (χ3v) is 4.75. The molecule has 8 heteroatoms. The first-order chi connectivity index (χ1) is 12.0. The van der Waals surface area contributed by atoms with E-state index in [1.807, 2.05) is 9.80 Å². The number of rotatable bonds is 4. The van der Waals surface area contributed by atoms with E-state index in [9.17, 15) is 14.0 Å². The predicted molar refractivity (Wildman–Crippen MR) is 92.0 cm³/mol. The molecule has 3 rings (SSSR count). The summed E-state index contributed by atoms with van der Waals surface area (Å²) < 4.78 is 18.6. The summed E-state index contributed by atoms with van der Waals surface area (Å²) in [6.07, 6.45) is 1.43. The van der Waals surface area contributed by atoms with Crippen molar-refractivity contribution in [2.75, 3.05) is 44.6 Å². The summed E-state index contributed by atoms with van der Waals surface area (Å²) in [5.41, 5.74) is 0.462. The Labute approximate surface area is 150 Å². The second-order valence-corrected chi connectivity index (χ2v) is 6.69. The van der Waals surface area contributed by atoms with Gasteiger partial charge in [0.15, 0.2) is 0 Å². The summed E-state index contributed by atoms with van der Waals surface area (Å²) in [7, 11) is 0. The molecule has 2 aliphatic rings. The highest BCUT2D eigenvalue weighted by molar-refractivity contribution is 6.31.